The molecule has 0 unspecified atom stereocenters. The third-order valence-corrected chi connectivity index (χ3v) is 11.1. The first-order valence-corrected chi connectivity index (χ1v) is 16.4. The van der Waals surface area contributed by atoms with Gasteiger partial charge in [0.15, 0.2) is 0 Å². The van der Waals surface area contributed by atoms with Crippen molar-refractivity contribution in [3.63, 3.8) is 0 Å². The molecule has 3 aliphatic carbocycles. The van der Waals surface area contributed by atoms with Crippen molar-refractivity contribution < 1.29 is 0 Å². The van der Waals surface area contributed by atoms with Crippen molar-refractivity contribution in [2.75, 3.05) is 0 Å². The molecule has 6 aromatic carbocycles. The van der Waals surface area contributed by atoms with Crippen LogP contribution in [0.15, 0.2) is 134 Å². The molecule has 0 amide bonds. The average Bonchev–Trinajstić information content (AvgIpc) is 3.41. The molecule has 0 atom stereocenters. The number of para-hydroxylation sites is 2. The van der Waals surface area contributed by atoms with Gasteiger partial charge in [-0.3, -0.25) is 4.98 Å². The molecule has 0 saturated carbocycles. The Morgan fingerprint density at radius 1 is 0.478 bits per heavy atom. The molecule has 7 aromatic rings. The summed E-state index contributed by atoms with van der Waals surface area (Å²) >= 11 is 0. The summed E-state index contributed by atoms with van der Waals surface area (Å²) in [6, 6.07) is 47.6. The summed E-state index contributed by atoms with van der Waals surface area (Å²) in [4.78, 5) is 9.75. The molecule has 2 heteroatoms. The Morgan fingerprint density at radius 3 is 1.85 bits per heavy atom. The van der Waals surface area contributed by atoms with Gasteiger partial charge in [0.25, 0.3) is 0 Å². The SMILES string of the molecule is CC1(C)c2ccccc2C2(c3ccccc3-c3ccccc32)c2cc3c(cc21)CCc1ccc(-c2cnc4ccccc4n2)cc1-3. The number of aromatic nitrogens is 2. The summed E-state index contributed by atoms with van der Waals surface area (Å²) in [6.07, 6.45) is 4.00. The van der Waals surface area contributed by atoms with Crippen LogP contribution in [0.4, 0.5) is 0 Å². The highest BCUT2D eigenvalue weighted by atomic mass is 14.8. The van der Waals surface area contributed by atoms with E-state index in [-0.39, 0.29) is 10.8 Å². The molecule has 2 nitrogen and oxygen atoms in total. The summed E-state index contributed by atoms with van der Waals surface area (Å²) in [5.41, 5.74) is 20.0. The van der Waals surface area contributed by atoms with Crippen LogP contribution in [0, 0.1) is 0 Å². The van der Waals surface area contributed by atoms with E-state index in [1.165, 1.54) is 66.8 Å². The third-order valence-electron chi connectivity index (χ3n) is 11.1. The van der Waals surface area contributed by atoms with Crippen LogP contribution in [0.3, 0.4) is 0 Å². The fourth-order valence-corrected chi connectivity index (χ4v) is 8.96. The molecule has 0 saturated heterocycles. The Bertz CT molecular complexity index is 2370. The van der Waals surface area contributed by atoms with Gasteiger partial charge >= 0.3 is 0 Å². The number of hydrogen-bond acceptors (Lipinski definition) is 2. The van der Waals surface area contributed by atoms with Crippen molar-refractivity contribution in [1.29, 1.82) is 0 Å². The zero-order valence-corrected chi connectivity index (χ0v) is 26.0. The van der Waals surface area contributed by atoms with E-state index in [4.69, 9.17) is 9.97 Å². The number of rotatable bonds is 1. The second-order valence-electron chi connectivity index (χ2n) is 13.7. The van der Waals surface area contributed by atoms with E-state index >= 15 is 0 Å². The monoisotopic (exact) mass is 588 g/mol. The minimum Gasteiger partial charge on any atom is -0.252 e. The third kappa shape index (κ3) is 3.26. The van der Waals surface area contributed by atoms with Crippen LogP contribution in [0.1, 0.15) is 58.4 Å². The van der Waals surface area contributed by atoms with Crippen molar-refractivity contribution in [3.8, 4) is 33.5 Å². The molecule has 1 heterocycles. The number of hydrogen-bond donors (Lipinski definition) is 0. The normalized spacial score (nSPS) is 15.8. The molecule has 3 aliphatic rings. The molecule has 218 valence electrons. The number of fused-ring (bicyclic) bond motifs is 13. The van der Waals surface area contributed by atoms with Crippen LogP contribution in [0.25, 0.3) is 44.5 Å². The Morgan fingerprint density at radius 2 is 1.09 bits per heavy atom. The van der Waals surface area contributed by atoms with Crippen molar-refractivity contribution in [2.45, 2.75) is 37.5 Å². The number of nitrogens with zero attached hydrogens (tertiary/aromatic N) is 2. The lowest BCUT2D eigenvalue weighted by atomic mass is 9.55. The van der Waals surface area contributed by atoms with Gasteiger partial charge in [0.05, 0.1) is 28.3 Å². The Kier molecular flexibility index (Phi) is 5.14. The maximum Gasteiger partial charge on any atom is 0.0894 e. The quantitative estimate of drug-likeness (QED) is 0.191. The van der Waals surface area contributed by atoms with Gasteiger partial charge in [-0.2, -0.15) is 0 Å². The van der Waals surface area contributed by atoms with E-state index in [1.54, 1.807) is 0 Å². The lowest BCUT2D eigenvalue weighted by Gasteiger charge is -2.47. The van der Waals surface area contributed by atoms with Crippen molar-refractivity contribution >= 4 is 11.0 Å². The van der Waals surface area contributed by atoms with E-state index in [2.05, 4.69) is 117 Å². The zero-order valence-electron chi connectivity index (χ0n) is 26.0. The highest BCUT2D eigenvalue weighted by Gasteiger charge is 2.53. The summed E-state index contributed by atoms with van der Waals surface area (Å²) in [6.45, 7) is 4.84. The Balaban J connectivity index is 1.27. The first-order chi connectivity index (χ1) is 22.5. The minimum atomic E-state index is -0.386. The predicted molar refractivity (Wildman–Crippen MR) is 187 cm³/mol. The van der Waals surface area contributed by atoms with Crippen LogP contribution < -0.4 is 0 Å². The van der Waals surface area contributed by atoms with Crippen molar-refractivity contribution in [1.82, 2.24) is 9.97 Å². The Labute approximate surface area is 269 Å². The highest BCUT2D eigenvalue weighted by Crippen LogP contribution is 2.62. The fourth-order valence-electron chi connectivity index (χ4n) is 8.96. The number of aryl methyl sites for hydroxylation is 2. The van der Waals surface area contributed by atoms with Gasteiger partial charge in [-0.15, -0.1) is 0 Å². The van der Waals surface area contributed by atoms with E-state index < -0.39 is 0 Å². The molecule has 0 bridgehead atoms. The lowest BCUT2D eigenvalue weighted by Crippen LogP contribution is -2.41. The summed E-state index contributed by atoms with van der Waals surface area (Å²) in [5, 5.41) is 0. The standard InChI is InChI=1S/C44H32N2/c1-43(2)36-15-7-8-16-37(36)44(34-13-5-3-11-30(34)31-12-4-6-14-35(31)44)39-25-33-28(24-38(39)43)21-19-27-20-22-29(23-32(27)33)42-26-45-40-17-9-10-18-41(40)46-42/h3-18,20,22-26H,19,21H2,1-2H3. The summed E-state index contributed by atoms with van der Waals surface area (Å²) in [5.74, 6) is 0. The van der Waals surface area contributed by atoms with Crippen LogP contribution in [-0.4, -0.2) is 9.97 Å². The average molecular weight is 589 g/mol. The van der Waals surface area contributed by atoms with Gasteiger partial charge in [-0.05, 0) is 104 Å². The summed E-state index contributed by atoms with van der Waals surface area (Å²) in [7, 11) is 0. The molecule has 0 aliphatic heterocycles. The molecule has 0 N–H and O–H groups in total. The fraction of sp³-hybridized carbons (Fsp3) is 0.136. The molecule has 1 aromatic heterocycles. The first-order valence-electron chi connectivity index (χ1n) is 16.4. The minimum absolute atomic E-state index is 0.137. The smallest absolute Gasteiger partial charge is 0.0894 e. The molecule has 46 heavy (non-hydrogen) atoms. The van der Waals surface area contributed by atoms with Crippen molar-refractivity contribution in [2.24, 2.45) is 0 Å². The van der Waals surface area contributed by atoms with Gasteiger partial charge in [0.1, 0.15) is 0 Å². The van der Waals surface area contributed by atoms with Crippen LogP contribution >= 0.6 is 0 Å². The zero-order chi connectivity index (χ0) is 30.6. The summed E-state index contributed by atoms with van der Waals surface area (Å²) < 4.78 is 0. The largest absolute Gasteiger partial charge is 0.252 e. The van der Waals surface area contributed by atoms with E-state index in [1.807, 2.05) is 30.5 Å². The van der Waals surface area contributed by atoms with Gasteiger partial charge in [-0.1, -0.05) is 117 Å². The first kappa shape index (κ1) is 25.9. The highest BCUT2D eigenvalue weighted by molar-refractivity contribution is 5.90. The lowest BCUT2D eigenvalue weighted by molar-refractivity contribution is 0.562. The maximum atomic E-state index is 5.01. The second-order valence-corrected chi connectivity index (χ2v) is 13.7. The Hall–Kier alpha value is -5.34. The second kappa shape index (κ2) is 9.11. The molecule has 10 rings (SSSR count). The molecular formula is C44H32N2. The van der Waals surface area contributed by atoms with E-state index in [9.17, 15) is 0 Å². The molecular weight excluding hydrogens is 556 g/mol. The molecule has 0 fully saturated rings. The molecule has 1 spiro atoms. The number of benzene rings is 6. The van der Waals surface area contributed by atoms with Gasteiger partial charge in [0.2, 0.25) is 0 Å². The van der Waals surface area contributed by atoms with E-state index in [0.29, 0.717) is 0 Å². The predicted octanol–water partition coefficient (Wildman–Crippen LogP) is 10.1. The van der Waals surface area contributed by atoms with Crippen LogP contribution in [0.2, 0.25) is 0 Å². The van der Waals surface area contributed by atoms with Gasteiger partial charge < -0.3 is 0 Å². The van der Waals surface area contributed by atoms with Gasteiger partial charge in [0, 0.05) is 11.0 Å². The van der Waals surface area contributed by atoms with E-state index in [0.717, 1.165) is 35.1 Å². The van der Waals surface area contributed by atoms with Crippen molar-refractivity contribution in [3.05, 3.63) is 178 Å². The van der Waals surface area contributed by atoms with Crippen LogP contribution in [0.5, 0.6) is 0 Å². The van der Waals surface area contributed by atoms with Crippen LogP contribution in [-0.2, 0) is 23.7 Å². The van der Waals surface area contributed by atoms with Gasteiger partial charge in [-0.25, -0.2) is 4.98 Å². The maximum absolute atomic E-state index is 5.01. The topological polar surface area (TPSA) is 25.8 Å². The molecule has 0 radical (unpaired) electrons.